The molecule has 3 rings (SSSR count). The van der Waals surface area contributed by atoms with Gasteiger partial charge in [0.05, 0.1) is 0 Å². The van der Waals surface area contributed by atoms with Gasteiger partial charge in [-0.1, -0.05) is 114 Å². The number of aromatic hydroxyl groups is 1. The van der Waals surface area contributed by atoms with E-state index < -0.39 is 11.9 Å². The average molecular weight is 589 g/mol. The minimum Gasteiger partial charge on any atom is -0.550 e. The van der Waals surface area contributed by atoms with E-state index >= 15 is 0 Å². The molecule has 0 aliphatic rings. The van der Waals surface area contributed by atoms with Gasteiger partial charge in [-0.2, -0.15) is 0 Å². The number of hydrogen-bond acceptors (Lipinski definition) is 6. The molecule has 3 aromatic rings. The molecule has 0 spiro atoms. The molecule has 217 valence electrons. The van der Waals surface area contributed by atoms with Crippen LogP contribution >= 0.6 is 0 Å². The zero-order valence-electron chi connectivity index (χ0n) is 25.0. The molecule has 0 saturated carbocycles. The molecule has 7 heteroatoms. The first kappa shape index (κ1) is 36.9. The number of carbonyl (C=O) groups excluding carboxylic acids is 2. The first-order valence-corrected chi connectivity index (χ1v) is 13.0. The second-order valence-corrected chi connectivity index (χ2v) is 11.6. The van der Waals surface area contributed by atoms with Crippen LogP contribution in [-0.2, 0) is 57.1 Å². The van der Waals surface area contributed by atoms with E-state index in [-0.39, 0.29) is 27.9 Å². The molecule has 6 nitrogen and oxygen atoms in total. The number of aliphatic carboxylic acids is 2. The van der Waals surface area contributed by atoms with Crippen LogP contribution in [0, 0.1) is 0 Å². The third kappa shape index (κ3) is 14.3. The van der Waals surface area contributed by atoms with Gasteiger partial charge in [0.25, 0.3) is 0 Å². The third-order valence-corrected chi connectivity index (χ3v) is 5.69. The summed E-state index contributed by atoms with van der Waals surface area (Å²) in [5, 5.41) is 28.9. The monoisotopic (exact) mass is 588 g/mol. The summed E-state index contributed by atoms with van der Waals surface area (Å²) in [6.07, 6.45) is 0. The van der Waals surface area contributed by atoms with Crippen molar-refractivity contribution >= 4 is 11.9 Å². The van der Waals surface area contributed by atoms with Gasteiger partial charge in [-0.3, -0.25) is 4.90 Å². The molecular weight excluding hydrogens is 545 g/mol. The quantitative estimate of drug-likeness (QED) is 0.419. The Bertz CT molecular complexity index is 1090. The predicted octanol–water partition coefficient (Wildman–Crippen LogP) is 4.70. The third-order valence-electron chi connectivity index (χ3n) is 5.69. The largest absolute Gasteiger partial charge is 2.00 e. The maximum Gasteiger partial charge on any atom is 2.00 e. The Kier molecular flexibility index (Phi) is 15.5. The summed E-state index contributed by atoms with van der Waals surface area (Å²) < 4.78 is 0. The molecule has 0 fully saturated rings. The summed E-state index contributed by atoms with van der Waals surface area (Å²) in [5.74, 6) is -1.72. The van der Waals surface area contributed by atoms with Crippen molar-refractivity contribution in [2.45, 2.75) is 85.9 Å². The number of carboxylic acid groups (broad SMARTS) is 2. The fourth-order valence-corrected chi connectivity index (χ4v) is 4.04. The fraction of sp³-hybridized carbons (Fsp3) is 0.394. The molecule has 0 unspecified atom stereocenters. The van der Waals surface area contributed by atoms with E-state index in [9.17, 15) is 5.11 Å². The van der Waals surface area contributed by atoms with Crippen molar-refractivity contribution in [2.75, 3.05) is 0 Å². The van der Waals surface area contributed by atoms with Crippen LogP contribution in [0.5, 0.6) is 5.75 Å². The van der Waals surface area contributed by atoms with Crippen LogP contribution in [-0.4, -0.2) is 21.9 Å². The van der Waals surface area contributed by atoms with Crippen molar-refractivity contribution in [1.29, 1.82) is 0 Å². The minimum atomic E-state index is -1.08. The van der Waals surface area contributed by atoms with Crippen LogP contribution in [0.4, 0.5) is 0 Å². The zero-order valence-corrected chi connectivity index (χ0v) is 26.1. The molecule has 0 amide bonds. The predicted molar refractivity (Wildman–Crippen MR) is 153 cm³/mol. The van der Waals surface area contributed by atoms with E-state index in [2.05, 4.69) is 119 Å². The molecule has 0 aromatic heterocycles. The van der Waals surface area contributed by atoms with Crippen molar-refractivity contribution < 1.29 is 42.0 Å². The van der Waals surface area contributed by atoms with E-state index in [4.69, 9.17) is 19.8 Å². The van der Waals surface area contributed by atoms with Crippen molar-refractivity contribution in [3.63, 3.8) is 0 Å². The molecule has 0 saturated heterocycles. The summed E-state index contributed by atoms with van der Waals surface area (Å²) >= 11 is 0. The summed E-state index contributed by atoms with van der Waals surface area (Å²) in [4.78, 5) is 20.3. The number of phenolic OH excluding ortho intramolecular Hbond substituents is 1. The first-order valence-electron chi connectivity index (χ1n) is 13.0. The Labute approximate surface area is 250 Å². The Hall–Kier alpha value is -3.12. The van der Waals surface area contributed by atoms with Crippen LogP contribution in [0.2, 0.25) is 0 Å². The van der Waals surface area contributed by atoms with Gasteiger partial charge in [0, 0.05) is 31.6 Å². The van der Waals surface area contributed by atoms with Gasteiger partial charge in [0.15, 0.2) is 0 Å². The standard InChI is InChI=1S/C29H37NO.2C2H4O2.Mn/c1-28(2,3)25-17-24(18-26(27(25)31)29(4,5)6)21-30(19-22-13-9-7-10-14-22)20-23-15-11-8-12-16-23;2*1-2(3)4;/h7-18,31H,19-21H2,1-6H3;2*1H3,(H,3,4);/q;;;+2/p-2. The number of benzene rings is 3. The van der Waals surface area contributed by atoms with Crippen LogP contribution in [0.15, 0.2) is 72.8 Å². The number of nitrogens with zero attached hydrogens (tertiary/aromatic N) is 1. The maximum absolute atomic E-state index is 11.1. The molecule has 0 aliphatic carbocycles. The van der Waals surface area contributed by atoms with Crippen molar-refractivity contribution in [3.8, 4) is 5.75 Å². The van der Waals surface area contributed by atoms with Crippen molar-refractivity contribution in [3.05, 3.63) is 101 Å². The van der Waals surface area contributed by atoms with Crippen LogP contribution < -0.4 is 10.2 Å². The van der Waals surface area contributed by atoms with E-state index in [0.29, 0.717) is 5.75 Å². The van der Waals surface area contributed by atoms with Gasteiger partial charge in [-0.15, -0.1) is 0 Å². The van der Waals surface area contributed by atoms with Crippen LogP contribution in [0.25, 0.3) is 0 Å². The SMILES string of the molecule is CC(=O)[O-].CC(=O)[O-].CC(C)(C)c1cc(CN(Cc2ccccc2)Cc2ccccc2)cc(C(C)(C)C)c1O.[Mn+2]. The number of carboxylic acids is 2. The molecule has 0 heterocycles. The number of rotatable bonds is 6. The number of carbonyl (C=O) groups is 2. The summed E-state index contributed by atoms with van der Waals surface area (Å²) in [7, 11) is 0. The van der Waals surface area contributed by atoms with Crippen LogP contribution in [0.3, 0.4) is 0 Å². The summed E-state index contributed by atoms with van der Waals surface area (Å²) in [5.41, 5.74) is 5.67. The summed E-state index contributed by atoms with van der Waals surface area (Å²) in [6, 6.07) is 25.7. The van der Waals surface area contributed by atoms with Gasteiger partial charge in [-0.25, -0.2) is 0 Å². The van der Waals surface area contributed by atoms with E-state index in [1.54, 1.807) is 0 Å². The Balaban J connectivity index is 0.00000149. The van der Waals surface area contributed by atoms with Crippen molar-refractivity contribution in [2.24, 2.45) is 0 Å². The molecule has 0 bridgehead atoms. The topological polar surface area (TPSA) is 104 Å². The second-order valence-electron chi connectivity index (χ2n) is 11.6. The molecule has 3 aromatic carbocycles. The molecule has 1 radical (unpaired) electrons. The fourth-order valence-electron chi connectivity index (χ4n) is 4.04. The van der Waals surface area contributed by atoms with E-state index in [1.165, 1.54) is 16.7 Å². The normalized spacial score (nSPS) is 10.8. The molecule has 0 aliphatic heterocycles. The van der Waals surface area contributed by atoms with Crippen LogP contribution in [0.1, 0.15) is 83.2 Å². The van der Waals surface area contributed by atoms with Gasteiger partial charge >= 0.3 is 17.1 Å². The number of phenols is 1. The average Bonchev–Trinajstić information content (AvgIpc) is 2.79. The molecule has 40 heavy (non-hydrogen) atoms. The maximum atomic E-state index is 11.1. The van der Waals surface area contributed by atoms with Gasteiger partial charge in [0.1, 0.15) is 5.75 Å². The summed E-state index contributed by atoms with van der Waals surface area (Å²) in [6.45, 7) is 17.6. The van der Waals surface area contributed by atoms with Gasteiger partial charge in [-0.05, 0) is 52.5 Å². The van der Waals surface area contributed by atoms with Crippen molar-refractivity contribution in [1.82, 2.24) is 4.90 Å². The first-order chi connectivity index (χ1) is 18.0. The Morgan fingerprint density at radius 1 is 0.650 bits per heavy atom. The molecule has 1 N–H and O–H groups in total. The molecular formula is C33H43MnNO5. The van der Waals surface area contributed by atoms with Gasteiger partial charge < -0.3 is 24.9 Å². The Morgan fingerprint density at radius 3 is 1.20 bits per heavy atom. The number of hydrogen-bond donors (Lipinski definition) is 1. The van der Waals surface area contributed by atoms with E-state index in [1.807, 2.05) is 0 Å². The zero-order chi connectivity index (χ0) is 29.8. The van der Waals surface area contributed by atoms with E-state index in [0.717, 1.165) is 44.6 Å². The molecule has 0 atom stereocenters. The second kappa shape index (κ2) is 16.9. The van der Waals surface area contributed by atoms with Gasteiger partial charge in [0.2, 0.25) is 0 Å². The Morgan fingerprint density at radius 2 is 0.925 bits per heavy atom. The smallest absolute Gasteiger partial charge is 0.550 e. The minimum absolute atomic E-state index is 0.